The zero-order chi connectivity index (χ0) is 24.2. The highest BCUT2D eigenvalue weighted by atomic mass is 35.5. The molecule has 0 saturated carbocycles. The van der Waals surface area contributed by atoms with Crippen LogP contribution < -0.4 is 4.74 Å². The number of halogens is 3. The van der Waals surface area contributed by atoms with Gasteiger partial charge in [-0.2, -0.15) is 5.10 Å². The first-order valence-corrected chi connectivity index (χ1v) is 11.5. The van der Waals surface area contributed by atoms with Crippen LogP contribution in [0.2, 0.25) is 15.1 Å². The fourth-order valence-electron chi connectivity index (χ4n) is 3.58. The van der Waals surface area contributed by atoms with Crippen LogP contribution in [0.25, 0.3) is 0 Å². The van der Waals surface area contributed by atoms with Crippen molar-refractivity contribution in [2.24, 2.45) is 0 Å². The number of hydrogen-bond acceptors (Lipinski definition) is 6. The van der Waals surface area contributed by atoms with Crippen LogP contribution in [-0.2, 0) is 13.3 Å². The zero-order valence-corrected chi connectivity index (χ0v) is 20.1. The van der Waals surface area contributed by atoms with Crippen LogP contribution >= 0.6 is 34.8 Å². The molecular weight excluding hydrogens is 505 g/mol. The summed E-state index contributed by atoms with van der Waals surface area (Å²) in [6.07, 6.45) is 1.63. The molecule has 12 heteroatoms. The molecule has 2 aromatic carbocycles. The first-order valence-electron chi connectivity index (χ1n) is 10.4. The maximum Gasteiger partial charge on any atom is 0.274 e. The summed E-state index contributed by atoms with van der Waals surface area (Å²) >= 11 is 18.6. The molecule has 0 spiro atoms. The normalized spacial score (nSPS) is 14.3. The number of hydrogen-bond donors (Lipinski definition) is 0. The van der Waals surface area contributed by atoms with Gasteiger partial charge in [0.05, 0.1) is 9.95 Å². The predicted molar refractivity (Wildman–Crippen MR) is 129 cm³/mol. The van der Waals surface area contributed by atoms with Gasteiger partial charge >= 0.3 is 0 Å². The third-order valence-electron chi connectivity index (χ3n) is 5.44. The van der Waals surface area contributed by atoms with Crippen LogP contribution in [0.1, 0.15) is 16.1 Å². The third kappa shape index (κ3) is 5.61. The summed E-state index contributed by atoms with van der Waals surface area (Å²) in [6, 6.07) is 11.0. The molecule has 9 nitrogen and oxygen atoms in total. The molecule has 4 rings (SSSR count). The van der Waals surface area contributed by atoms with Gasteiger partial charge in [-0.3, -0.25) is 19.8 Å². The average molecular weight is 525 g/mol. The number of benzene rings is 2. The number of nitro groups is 1. The van der Waals surface area contributed by atoms with Crippen molar-refractivity contribution in [3.8, 4) is 5.75 Å². The Morgan fingerprint density at radius 2 is 1.74 bits per heavy atom. The molecule has 1 aromatic heterocycles. The van der Waals surface area contributed by atoms with Gasteiger partial charge in [0.25, 0.3) is 11.6 Å². The maximum atomic E-state index is 12.9. The van der Waals surface area contributed by atoms with Crippen LogP contribution in [0.15, 0.2) is 48.7 Å². The molecule has 1 amide bonds. The molecule has 0 bridgehead atoms. The summed E-state index contributed by atoms with van der Waals surface area (Å²) in [5.41, 5.74) is 1.07. The molecule has 1 fully saturated rings. The minimum absolute atomic E-state index is 0.00279. The minimum atomic E-state index is -0.535. The van der Waals surface area contributed by atoms with Crippen molar-refractivity contribution >= 4 is 46.4 Å². The van der Waals surface area contributed by atoms with Crippen molar-refractivity contribution in [3.63, 3.8) is 0 Å². The van der Waals surface area contributed by atoms with Gasteiger partial charge in [0.2, 0.25) is 0 Å². The number of ether oxygens (including phenoxy) is 1. The molecule has 34 heavy (non-hydrogen) atoms. The Kier molecular flexibility index (Phi) is 7.57. The third-order valence-corrected chi connectivity index (χ3v) is 6.44. The predicted octanol–water partition coefficient (Wildman–Crippen LogP) is 4.75. The van der Waals surface area contributed by atoms with E-state index in [1.165, 1.54) is 22.9 Å². The second kappa shape index (κ2) is 10.6. The van der Waals surface area contributed by atoms with Crippen molar-refractivity contribution in [2.75, 3.05) is 26.2 Å². The molecule has 0 atom stereocenters. The molecular formula is C22H20Cl3N5O4. The number of nitro benzene ring substituents is 1. The standard InChI is InChI=1S/C22H20Cl3N5O4/c23-17-2-1-3-18(24)16(17)13-27-8-10-28(11-9-27)22(31)20-6-7-29(26-20)14-34-21-5-4-15(30(32)33)12-19(21)25/h1-7,12H,8-11,13-14H2. The Morgan fingerprint density at radius 1 is 1.03 bits per heavy atom. The van der Waals surface area contributed by atoms with E-state index in [-0.39, 0.29) is 29.1 Å². The first-order chi connectivity index (χ1) is 16.3. The molecule has 0 aliphatic carbocycles. The molecule has 1 saturated heterocycles. The number of carbonyl (C=O) groups is 1. The fourth-order valence-corrected chi connectivity index (χ4v) is 4.33. The minimum Gasteiger partial charge on any atom is -0.470 e. The van der Waals surface area contributed by atoms with E-state index in [1.54, 1.807) is 17.2 Å². The average Bonchev–Trinajstić information content (AvgIpc) is 3.29. The summed E-state index contributed by atoms with van der Waals surface area (Å²) in [5.74, 6) is 0.118. The van der Waals surface area contributed by atoms with Gasteiger partial charge in [0.1, 0.15) is 5.75 Å². The highest BCUT2D eigenvalue weighted by Crippen LogP contribution is 2.29. The van der Waals surface area contributed by atoms with Crippen molar-refractivity contribution < 1.29 is 14.5 Å². The van der Waals surface area contributed by atoms with Crippen molar-refractivity contribution in [1.82, 2.24) is 19.6 Å². The lowest BCUT2D eigenvalue weighted by Gasteiger charge is -2.34. The van der Waals surface area contributed by atoms with E-state index in [4.69, 9.17) is 39.5 Å². The lowest BCUT2D eigenvalue weighted by Crippen LogP contribution is -2.48. The van der Waals surface area contributed by atoms with Crippen molar-refractivity contribution in [3.05, 3.63) is 85.1 Å². The lowest BCUT2D eigenvalue weighted by molar-refractivity contribution is -0.384. The second-order valence-electron chi connectivity index (χ2n) is 7.65. The number of aromatic nitrogens is 2. The van der Waals surface area contributed by atoms with E-state index in [9.17, 15) is 14.9 Å². The first kappa shape index (κ1) is 24.3. The fraction of sp³-hybridized carbons (Fsp3) is 0.273. The Hall–Kier alpha value is -2.85. The lowest BCUT2D eigenvalue weighted by atomic mass is 10.2. The van der Waals surface area contributed by atoms with E-state index < -0.39 is 4.92 Å². The number of amides is 1. The van der Waals surface area contributed by atoms with Crippen molar-refractivity contribution in [2.45, 2.75) is 13.3 Å². The van der Waals surface area contributed by atoms with Crippen LogP contribution in [0, 0.1) is 10.1 Å². The van der Waals surface area contributed by atoms with Crippen LogP contribution in [0.5, 0.6) is 5.75 Å². The van der Waals surface area contributed by atoms with Crippen molar-refractivity contribution in [1.29, 1.82) is 0 Å². The Bertz CT molecular complexity index is 1190. The molecule has 0 radical (unpaired) electrons. The quantitative estimate of drug-likeness (QED) is 0.327. The molecule has 0 N–H and O–H groups in total. The second-order valence-corrected chi connectivity index (χ2v) is 8.88. The Morgan fingerprint density at radius 3 is 2.38 bits per heavy atom. The van der Waals surface area contributed by atoms with E-state index in [0.29, 0.717) is 48.5 Å². The van der Waals surface area contributed by atoms with E-state index in [2.05, 4.69) is 10.00 Å². The van der Waals surface area contributed by atoms with E-state index in [1.807, 2.05) is 18.2 Å². The SMILES string of the molecule is O=C(c1ccn(COc2ccc([N+](=O)[O-])cc2Cl)n1)N1CCN(Cc2c(Cl)cccc2Cl)CC1. The van der Waals surface area contributed by atoms with Gasteiger partial charge in [-0.1, -0.05) is 40.9 Å². The van der Waals surface area contributed by atoms with Gasteiger partial charge < -0.3 is 9.64 Å². The summed E-state index contributed by atoms with van der Waals surface area (Å²) in [5, 5.41) is 16.5. The Labute approximate surface area is 210 Å². The topological polar surface area (TPSA) is 93.7 Å². The molecule has 0 unspecified atom stereocenters. The van der Waals surface area contributed by atoms with Gasteiger partial charge in [-0.15, -0.1) is 0 Å². The molecule has 1 aliphatic heterocycles. The van der Waals surface area contributed by atoms with Crippen LogP contribution in [0.4, 0.5) is 5.69 Å². The molecule has 2 heterocycles. The van der Waals surface area contributed by atoms with Gasteiger partial charge in [-0.25, -0.2) is 4.68 Å². The number of non-ortho nitro benzene ring substituents is 1. The monoisotopic (exact) mass is 523 g/mol. The van der Waals surface area contributed by atoms with Gasteiger partial charge in [0, 0.05) is 66.7 Å². The molecule has 178 valence electrons. The smallest absolute Gasteiger partial charge is 0.274 e. The summed E-state index contributed by atoms with van der Waals surface area (Å²) < 4.78 is 7.04. The highest BCUT2D eigenvalue weighted by molar-refractivity contribution is 6.36. The maximum absolute atomic E-state index is 12.9. The van der Waals surface area contributed by atoms with Crippen LogP contribution in [-0.4, -0.2) is 56.6 Å². The summed E-state index contributed by atoms with van der Waals surface area (Å²) in [7, 11) is 0. The largest absolute Gasteiger partial charge is 0.470 e. The number of piperazine rings is 1. The number of nitrogens with zero attached hydrogens (tertiary/aromatic N) is 5. The van der Waals surface area contributed by atoms with E-state index >= 15 is 0 Å². The van der Waals surface area contributed by atoms with Gasteiger partial charge in [0.15, 0.2) is 12.4 Å². The molecule has 3 aromatic rings. The van der Waals surface area contributed by atoms with E-state index in [0.717, 1.165) is 5.56 Å². The molecule has 1 aliphatic rings. The Balaban J connectivity index is 1.30. The van der Waals surface area contributed by atoms with Crippen LogP contribution in [0.3, 0.4) is 0 Å². The summed E-state index contributed by atoms with van der Waals surface area (Å²) in [4.78, 5) is 27.1. The number of carbonyl (C=O) groups excluding carboxylic acids is 1. The number of rotatable bonds is 7. The zero-order valence-electron chi connectivity index (χ0n) is 17.9. The highest BCUT2D eigenvalue weighted by Gasteiger charge is 2.24. The summed E-state index contributed by atoms with van der Waals surface area (Å²) in [6.45, 7) is 3.12. The van der Waals surface area contributed by atoms with Gasteiger partial charge in [-0.05, 0) is 24.3 Å².